The topological polar surface area (TPSA) is 79.4 Å². The number of rotatable bonds is 3. The van der Waals surface area contributed by atoms with Crippen LogP contribution in [0.2, 0.25) is 0 Å². The molecule has 0 unspecified atom stereocenters. The number of amides is 2. The highest BCUT2D eigenvalue weighted by Crippen LogP contribution is 2.32. The van der Waals surface area contributed by atoms with E-state index < -0.39 is 6.09 Å². The molecule has 1 fully saturated rings. The number of ether oxygens (including phenoxy) is 2. The largest absolute Gasteiger partial charge is 0.445 e. The lowest BCUT2D eigenvalue weighted by molar-refractivity contribution is -0.136. The highest BCUT2D eigenvalue weighted by Gasteiger charge is 2.33. The lowest BCUT2D eigenvalue weighted by atomic mass is 10.0. The van der Waals surface area contributed by atoms with Gasteiger partial charge in [-0.15, -0.1) is 0 Å². The molecule has 0 N–H and O–H groups in total. The Morgan fingerprint density at radius 1 is 1.06 bits per heavy atom. The van der Waals surface area contributed by atoms with Crippen LogP contribution in [-0.4, -0.2) is 71.0 Å². The fraction of sp³-hybridized carbons (Fsp3) is 0.542. The number of cyclic esters (lactones) is 1. The minimum atomic E-state index is -0.432. The number of piperazine rings is 1. The molecule has 3 heterocycles. The fourth-order valence-electron chi connectivity index (χ4n) is 4.33. The van der Waals surface area contributed by atoms with Gasteiger partial charge in [-0.05, 0) is 44.9 Å². The van der Waals surface area contributed by atoms with E-state index in [4.69, 9.17) is 9.47 Å². The summed E-state index contributed by atoms with van der Waals surface area (Å²) in [6.07, 6.45) is -0.270. The molecular weight excluding hydrogens is 410 g/mol. The van der Waals surface area contributed by atoms with Gasteiger partial charge >= 0.3 is 12.1 Å². The Kier molecular flexibility index (Phi) is 5.99. The summed E-state index contributed by atoms with van der Waals surface area (Å²) >= 11 is 0. The molecule has 0 spiro atoms. The van der Waals surface area contributed by atoms with E-state index in [1.54, 1.807) is 11.8 Å². The normalized spacial score (nSPS) is 19.3. The van der Waals surface area contributed by atoms with Crippen LogP contribution >= 0.6 is 0 Å². The van der Waals surface area contributed by atoms with Crippen LogP contribution in [0.5, 0.6) is 0 Å². The van der Waals surface area contributed by atoms with E-state index in [0.717, 1.165) is 24.2 Å². The third-order valence-electron chi connectivity index (χ3n) is 6.48. The summed E-state index contributed by atoms with van der Waals surface area (Å²) in [5.74, 6) is 0.213. The van der Waals surface area contributed by atoms with Gasteiger partial charge in [-0.1, -0.05) is 12.1 Å². The number of carbonyl (C=O) groups is 3. The van der Waals surface area contributed by atoms with Gasteiger partial charge in [0.15, 0.2) is 0 Å². The van der Waals surface area contributed by atoms with Crippen LogP contribution in [0, 0.1) is 0 Å². The molecule has 4 rings (SSSR count). The van der Waals surface area contributed by atoms with Gasteiger partial charge in [0.1, 0.15) is 12.4 Å². The number of carbonyl (C=O) groups excluding carboxylic acids is 3. The Hall–Kier alpha value is -2.87. The van der Waals surface area contributed by atoms with Crippen LogP contribution in [0.25, 0.3) is 0 Å². The first-order valence-corrected chi connectivity index (χ1v) is 11.1. The first kappa shape index (κ1) is 22.3. The molecule has 0 saturated carbocycles. The summed E-state index contributed by atoms with van der Waals surface area (Å²) in [6, 6.07) is 5.97. The maximum Gasteiger partial charge on any atom is 0.410 e. The van der Waals surface area contributed by atoms with Crippen molar-refractivity contribution in [2.75, 3.05) is 32.8 Å². The van der Waals surface area contributed by atoms with Gasteiger partial charge < -0.3 is 19.3 Å². The molecule has 1 saturated heterocycles. The van der Waals surface area contributed by atoms with E-state index in [2.05, 4.69) is 31.7 Å². The van der Waals surface area contributed by atoms with E-state index in [9.17, 15) is 14.4 Å². The summed E-state index contributed by atoms with van der Waals surface area (Å²) in [4.78, 5) is 42.8. The molecule has 0 bridgehead atoms. The van der Waals surface area contributed by atoms with Gasteiger partial charge in [0.05, 0.1) is 6.42 Å². The number of fused-ring (bicyclic) bond motifs is 1. The van der Waals surface area contributed by atoms with Gasteiger partial charge in [-0.3, -0.25) is 14.5 Å². The molecule has 0 atom stereocenters. The van der Waals surface area contributed by atoms with Crippen molar-refractivity contribution in [3.05, 3.63) is 46.2 Å². The van der Waals surface area contributed by atoms with Crippen molar-refractivity contribution < 1.29 is 23.9 Å². The van der Waals surface area contributed by atoms with Gasteiger partial charge in [-0.2, -0.15) is 0 Å². The van der Waals surface area contributed by atoms with Crippen LogP contribution in [0.1, 0.15) is 55.6 Å². The molecule has 1 aromatic carbocycles. The zero-order valence-electron chi connectivity index (χ0n) is 19.3. The zero-order valence-corrected chi connectivity index (χ0v) is 19.3. The van der Waals surface area contributed by atoms with Crippen LogP contribution in [-0.2, 0) is 27.4 Å². The standard InChI is InChI=1S/C24H31N3O5/c1-16-18(12-21(28)32-16)15-31-23(30)26-10-8-25(9-11-26)22(29)19-7-5-6-17-13-27(14-20(17)19)24(2,3)4/h5-7H,8-15H2,1-4H3. The second-order valence-corrected chi connectivity index (χ2v) is 9.61. The van der Waals surface area contributed by atoms with Crippen molar-refractivity contribution >= 4 is 18.0 Å². The maximum absolute atomic E-state index is 13.3. The van der Waals surface area contributed by atoms with Crippen LogP contribution < -0.4 is 0 Å². The first-order chi connectivity index (χ1) is 15.1. The number of esters is 1. The number of hydrogen-bond donors (Lipinski definition) is 0. The zero-order chi connectivity index (χ0) is 23.0. The molecule has 8 heteroatoms. The number of benzene rings is 1. The van der Waals surface area contributed by atoms with Gasteiger partial charge in [-0.25, -0.2) is 4.79 Å². The summed E-state index contributed by atoms with van der Waals surface area (Å²) in [5, 5.41) is 0. The summed E-state index contributed by atoms with van der Waals surface area (Å²) in [5.41, 5.74) is 3.83. The molecular formula is C24H31N3O5. The summed E-state index contributed by atoms with van der Waals surface area (Å²) in [6.45, 7) is 11.7. The minimum absolute atomic E-state index is 0.0213. The Morgan fingerprint density at radius 2 is 1.75 bits per heavy atom. The molecule has 172 valence electrons. The smallest absolute Gasteiger partial charge is 0.410 e. The predicted octanol–water partition coefficient (Wildman–Crippen LogP) is 2.92. The Balaban J connectivity index is 1.33. The number of nitrogens with zero attached hydrogens (tertiary/aromatic N) is 3. The van der Waals surface area contributed by atoms with Crippen molar-refractivity contribution in [1.82, 2.24) is 14.7 Å². The van der Waals surface area contributed by atoms with E-state index in [-0.39, 0.29) is 30.4 Å². The molecule has 3 aliphatic heterocycles. The average molecular weight is 442 g/mol. The fourth-order valence-corrected chi connectivity index (χ4v) is 4.33. The Morgan fingerprint density at radius 3 is 2.38 bits per heavy atom. The van der Waals surface area contributed by atoms with Crippen LogP contribution in [0.15, 0.2) is 29.5 Å². The van der Waals surface area contributed by atoms with E-state index in [1.807, 2.05) is 17.0 Å². The minimum Gasteiger partial charge on any atom is -0.445 e. The van der Waals surface area contributed by atoms with Gasteiger partial charge in [0.25, 0.3) is 5.91 Å². The van der Waals surface area contributed by atoms with Crippen molar-refractivity contribution in [2.24, 2.45) is 0 Å². The quantitative estimate of drug-likeness (QED) is 0.671. The van der Waals surface area contributed by atoms with Crippen molar-refractivity contribution in [3.8, 4) is 0 Å². The van der Waals surface area contributed by atoms with Gasteiger partial charge in [0.2, 0.25) is 0 Å². The molecule has 32 heavy (non-hydrogen) atoms. The van der Waals surface area contributed by atoms with E-state index >= 15 is 0 Å². The van der Waals surface area contributed by atoms with E-state index in [1.165, 1.54) is 5.56 Å². The van der Waals surface area contributed by atoms with Crippen molar-refractivity contribution in [3.63, 3.8) is 0 Å². The molecule has 0 aromatic heterocycles. The summed E-state index contributed by atoms with van der Waals surface area (Å²) in [7, 11) is 0. The third-order valence-corrected chi connectivity index (χ3v) is 6.48. The lowest BCUT2D eigenvalue weighted by Crippen LogP contribution is -2.51. The second kappa shape index (κ2) is 8.58. The lowest BCUT2D eigenvalue weighted by Gasteiger charge is -2.34. The maximum atomic E-state index is 13.3. The van der Waals surface area contributed by atoms with Crippen molar-refractivity contribution in [2.45, 2.75) is 52.7 Å². The molecule has 0 radical (unpaired) electrons. The molecule has 8 nitrogen and oxygen atoms in total. The number of allylic oxidation sites excluding steroid dienone is 1. The van der Waals surface area contributed by atoms with Gasteiger partial charge in [0, 0.05) is 55.9 Å². The SMILES string of the molecule is CC1=C(COC(=O)N2CCN(C(=O)c3cccc4c3CN(C(C)(C)C)C4)CC2)CC(=O)O1. The second-order valence-electron chi connectivity index (χ2n) is 9.61. The molecule has 2 amide bonds. The van der Waals surface area contributed by atoms with Crippen LogP contribution in [0.4, 0.5) is 4.79 Å². The third kappa shape index (κ3) is 4.50. The van der Waals surface area contributed by atoms with Crippen LogP contribution in [0.3, 0.4) is 0 Å². The number of hydrogen-bond acceptors (Lipinski definition) is 6. The molecule has 3 aliphatic rings. The molecule has 1 aromatic rings. The molecule has 0 aliphatic carbocycles. The first-order valence-electron chi connectivity index (χ1n) is 11.1. The average Bonchev–Trinajstić information content (AvgIpc) is 3.34. The van der Waals surface area contributed by atoms with E-state index in [0.29, 0.717) is 37.5 Å². The Labute approximate surface area is 188 Å². The monoisotopic (exact) mass is 441 g/mol. The summed E-state index contributed by atoms with van der Waals surface area (Å²) < 4.78 is 10.3. The van der Waals surface area contributed by atoms with Crippen molar-refractivity contribution in [1.29, 1.82) is 0 Å². The highest BCUT2D eigenvalue weighted by molar-refractivity contribution is 5.96. The highest BCUT2D eigenvalue weighted by atomic mass is 16.6. The Bertz CT molecular complexity index is 970. The predicted molar refractivity (Wildman–Crippen MR) is 118 cm³/mol.